The number of aromatic amines is 1. The van der Waals surface area contributed by atoms with Crippen LogP contribution in [0.25, 0.3) is 0 Å². The average molecular weight is 313 g/mol. The van der Waals surface area contributed by atoms with E-state index in [2.05, 4.69) is 14.9 Å². The zero-order valence-corrected chi connectivity index (χ0v) is 11.8. The molecule has 2 aromatic rings. The molecule has 2 rings (SSSR count). The molecular formula is C12H12FN3O4S. The molecule has 112 valence electrons. The van der Waals surface area contributed by atoms with Crippen molar-refractivity contribution in [1.29, 1.82) is 0 Å². The highest BCUT2D eigenvalue weighted by atomic mass is 32.2. The molecule has 2 N–H and O–H groups in total. The van der Waals surface area contributed by atoms with Gasteiger partial charge in [0, 0.05) is 0 Å². The van der Waals surface area contributed by atoms with E-state index < -0.39 is 26.8 Å². The number of anilines is 1. The summed E-state index contributed by atoms with van der Waals surface area (Å²) in [5.74, 6) is -1.41. The van der Waals surface area contributed by atoms with Gasteiger partial charge in [0.05, 0.1) is 18.5 Å². The Morgan fingerprint density at radius 1 is 1.48 bits per heavy atom. The summed E-state index contributed by atoms with van der Waals surface area (Å²) < 4.78 is 44.3. The molecule has 1 heterocycles. The number of sulfonamides is 1. The number of nitrogens with zero attached hydrogens (tertiary/aromatic N) is 1. The molecule has 0 fully saturated rings. The largest absolute Gasteiger partial charge is 0.462 e. The SMILES string of the molecule is CCOC(=O)c1cn[nH]c1S(=O)(=O)Nc1cccc(F)c1. The summed E-state index contributed by atoms with van der Waals surface area (Å²) in [5.41, 5.74) is -0.194. The molecule has 21 heavy (non-hydrogen) atoms. The van der Waals surface area contributed by atoms with Crippen molar-refractivity contribution in [2.45, 2.75) is 11.9 Å². The summed E-state index contributed by atoms with van der Waals surface area (Å²) in [6.07, 6.45) is 1.05. The van der Waals surface area contributed by atoms with E-state index in [0.29, 0.717) is 0 Å². The predicted octanol–water partition coefficient (Wildman–Crippen LogP) is 1.53. The fourth-order valence-corrected chi connectivity index (χ4v) is 2.73. The Kier molecular flexibility index (Phi) is 4.22. The number of nitrogens with one attached hydrogen (secondary N) is 2. The summed E-state index contributed by atoms with van der Waals surface area (Å²) >= 11 is 0. The van der Waals surface area contributed by atoms with Gasteiger partial charge < -0.3 is 4.74 Å². The number of esters is 1. The number of aromatic nitrogens is 2. The Labute approximate surface area is 120 Å². The molecule has 0 saturated carbocycles. The topological polar surface area (TPSA) is 101 Å². The number of carbonyl (C=O) groups excluding carboxylic acids is 1. The molecule has 0 aliphatic rings. The Morgan fingerprint density at radius 3 is 2.90 bits per heavy atom. The van der Waals surface area contributed by atoms with Crippen molar-refractivity contribution < 1.29 is 22.3 Å². The van der Waals surface area contributed by atoms with E-state index in [9.17, 15) is 17.6 Å². The van der Waals surface area contributed by atoms with Gasteiger partial charge in [0.2, 0.25) is 0 Å². The summed E-state index contributed by atoms with van der Waals surface area (Å²) in [6, 6.07) is 4.92. The van der Waals surface area contributed by atoms with Crippen LogP contribution in [0.1, 0.15) is 17.3 Å². The van der Waals surface area contributed by atoms with E-state index in [1.807, 2.05) is 0 Å². The maximum atomic E-state index is 13.1. The molecule has 1 aromatic carbocycles. The van der Waals surface area contributed by atoms with Crippen LogP contribution in [0.15, 0.2) is 35.5 Å². The Balaban J connectivity index is 2.32. The third-order valence-corrected chi connectivity index (χ3v) is 3.80. The molecule has 7 nitrogen and oxygen atoms in total. The third-order valence-electron chi connectivity index (χ3n) is 2.45. The van der Waals surface area contributed by atoms with Crippen molar-refractivity contribution in [3.63, 3.8) is 0 Å². The minimum atomic E-state index is -4.12. The van der Waals surface area contributed by atoms with Crippen LogP contribution in [0.5, 0.6) is 0 Å². The van der Waals surface area contributed by atoms with Gasteiger partial charge >= 0.3 is 5.97 Å². The molecule has 1 aromatic heterocycles. The van der Waals surface area contributed by atoms with Crippen molar-refractivity contribution in [3.8, 4) is 0 Å². The number of hydrogen-bond donors (Lipinski definition) is 2. The standard InChI is InChI=1S/C12H12FN3O4S/c1-2-20-12(17)10-7-14-15-11(10)21(18,19)16-9-5-3-4-8(13)6-9/h3-7,16H,2H2,1H3,(H,14,15). The lowest BCUT2D eigenvalue weighted by atomic mass is 10.3. The summed E-state index contributed by atoms with van der Waals surface area (Å²) in [7, 11) is -4.12. The molecule has 0 radical (unpaired) electrons. The molecular weight excluding hydrogens is 301 g/mol. The van der Waals surface area contributed by atoms with Crippen LogP contribution < -0.4 is 4.72 Å². The Morgan fingerprint density at radius 2 is 2.24 bits per heavy atom. The van der Waals surface area contributed by atoms with E-state index in [-0.39, 0.29) is 17.9 Å². The van der Waals surface area contributed by atoms with Gasteiger partial charge in [-0.3, -0.25) is 9.82 Å². The van der Waals surface area contributed by atoms with Gasteiger partial charge in [-0.25, -0.2) is 9.18 Å². The fourth-order valence-electron chi connectivity index (χ4n) is 1.59. The second-order valence-electron chi connectivity index (χ2n) is 3.95. The highest BCUT2D eigenvalue weighted by Gasteiger charge is 2.26. The minimum absolute atomic E-state index is 0.0272. The maximum Gasteiger partial charge on any atom is 0.342 e. The molecule has 0 aliphatic carbocycles. The molecule has 0 unspecified atom stereocenters. The average Bonchev–Trinajstić information content (AvgIpc) is 2.88. The Hall–Kier alpha value is -2.42. The van der Waals surface area contributed by atoms with Crippen LogP contribution in [0, 0.1) is 5.82 Å². The number of rotatable bonds is 5. The summed E-state index contributed by atoms with van der Waals surface area (Å²) in [6.45, 7) is 1.69. The lowest BCUT2D eigenvalue weighted by Crippen LogP contribution is -2.17. The first-order chi connectivity index (χ1) is 9.94. The van der Waals surface area contributed by atoms with Crippen molar-refractivity contribution in [2.75, 3.05) is 11.3 Å². The zero-order chi connectivity index (χ0) is 15.5. The molecule has 0 bridgehead atoms. The predicted molar refractivity (Wildman–Crippen MR) is 71.8 cm³/mol. The fraction of sp³-hybridized carbons (Fsp3) is 0.167. The number of hydrogen-bond acceptors (Lipinski definition) is 5. The molecule has 9 heteroatoms. The second-order valence-corrected chi connectivity index (χ2v) is 5.57. The molecule has 0 amide bonds. The monoisotopic (exact) mass is 313 g/mol. The summed E-state index contributed by atoms with van der Waals surface area (Å²) in [4.78, 5) is 11.6. The lowest BCUT2D eigenvalue weighted by molar-refractivity contribution is 0.0522. The highest BCUT2D eigenvalue weighted by Crippen LogP contribution is 2.18. The van der Waals surface area contributed by atoms with Crippen LogP contribution in [0.2, 0.25) is 0 Å². The summed E-state index contributed by atoms with van der Waals surface area (Å²) in [5, 5.41) is 5.32. The first-order valence-electron chi connectivity index (χ1n) is 5.93. The van der Waals surface area contributed by atoms with Gasteiger partial charge in [-0.05, 0) is 25.1 Å². The third kappa shape index (κ3) is 3.37. The van der Waals surface area contributed by atoms with Gasteiger partial charge in [0.25, 0.3) is 10.0 Å². The van der Waals surface area contributed by atoms with E-state index in [4.69, 9.17) is 4.74 Å². The maximum absolute atomic E-state index is 13.1. The number of carbonyl (C=O) groups is 1. The van der Waals surface area contributed by atoms with Gasteiger partial charge in [-0.15, -0.1) is 0 Å². The normalized spacial score (nSPS) is 11.1. The quantitative estimate of drug-likeness (QED) is 0.815. The van der Waals surface area contributed by atoms with Gasteiger partial charge in [0.15, 0.2) is 5.03 Å². The smallest absolute Gasteiger partial charge is 0.342 e. The van der Waals surface area contributed by atoms with Crippen LogP contribution in [-0.2, 0) is 14.8 Å². The van der Waals surface area contributed by atoms with Crippen LogP contribution in [0.4, 0.5) is 10.1 Å². The number of halogens is 1. The minimum Gasteiger partial charge on any atom is -0.462 e. The molecule has 0 atom stereocenters. The van der Waals surface area contributed by atoms with E-state index in [0.717, 1.165) is 12.3 Å². The zero-order valence-electron chi connectivity index (χ0n) is 11.0. The first-order valence-corrected chi connectivity index (χ1v) is 7.41. The van der Waals surface area contributed by atoms with E-state index in [1.165, 1.54) is 18.2 Å². The van der Waals surface area contributed by atoms with Gasteiger partial charge in [-0.1, -0.05) is 6.07 Å². The van der Waals surface area contributed by atoms with E-state index >= 15 is 0 Å². The lowest BCUT2D eigenvalue weighted by Gasteiger charge is -2.08. The van der Waals surface area contributed by atoms with Crippen LogP contribution in [-0.4, -0.2) is 31.2 Å². The first kappa shape index (κ1) is 15.0. The molecule has 0 spiro atoms. The highest BCUT2D eigenvalue weighted by molar-refractivity contribution is 7.92. The van der Waals surface area contributed by atoms with Gasteiger partial charge in [-0.2, -0.15) is 13.5 Å². The van der Waals surface area contributed by atoms with Crippen molar-refractivity contribution in [1.82, 2.24) is 10.2 Å². The number of ether oxygens (including phenoxy) is 1. The van der Waals surface area contributed by atoms with Crippen molar-refractivity contribution in [3.05, 3.63) is 41.8 Å². The van der Waals surface area contributed by atoms with E-state index in [1.54, 1.807) is 6.92 Å². The number of benzene rings is 1. The molecule has 0 saturated heterocycles. The Bertz CT molecular complexity index is 757. The molecule has 0 aliphatic heterocycles. The van der Waals surface area contributed by atoms with Gasteiger partial charge in [0.1, 0.15) is 11.4 Å². The van der Waals surface area contributed by atoms with Crippen LogP contribution >= 0.6 is 0 Å². The second kappa shape index (κ2) is 5.92. The number of H-pyrrole nitrogens is 1. The van der Waals surface area contributed by atoms with Crippen molar-refractivity contribution >= 4 is 21.7 Å². The van der Waals surface area contributed by atoms with Crippen molar-refractivity contribution in [2.24, 2.45) is 0 Å². The van der Waals surface area contributed by atoms with Crippen LogP contribution in [0.3, 0.4) is 0 Å².